The molecule has 0 aromatic rings. The zero-order valence-corrected chi connectivity index (χ0v) is 37.8. The van der Waals surface area contributed by atoms with Gasteiger partial charge in [0.1, 0.15) is 36.8 Å². The van der Waals surface area contributed by atoms with Crippen molar-refractivity contribution < 1.29 is 56.8 Å². The van der Waals surface area contributed by atoms with Crippen molar-refractivity contribution >= 4 is 22.1 Å². The fourth-order valence-electron chi connectivity index (χ4n) is 6.22. The molecule has 0 spiro atoms. The van der Waals surface area contributed by atoms with Gasteiger partial charge in [-0.05, 0) is 77.0 Å². The summed E-state index contributed by atoms with van der Waals surface area (Å²) in [7, 11) is -4.62. The first-order chi connectivity index (χ1) is 29.5. The van der Waals surface area contributed by atoms with Crippen LogP contribution >= 0.6 is 0 Å². The van der Waals surface area contributed by atoms with E-state index in [1.54, 1.807) is 0 Å². The number of carbonyl (C=O) groups excluding carboxylic acids is 2. The number of hydrogen-bond donors (Lipinski definition) is 4. The van der Waals surface area contributed by atoms with Crippen molar-refractivity contribution in [2.45, 2.75) is 185 Å². The molecule has 0 aromatic carbocycles. The molecule has 1 aliphatic heterocycles. The van der Waals surface area contributed by atoms with Crippen molar-refractivity contribution in [1.82, 2.24) is 0 Å². The summed E-state index contributed by atoms with van der Waals surface area (Å²) in [5, 5.41) is 30.9. The molecule has 4 N–H and O–H groups in total. The highest BCUT2D eigenvalue weighted by molar-refractivity contribution is 7.85. The Morgan fingerprint density at radius 3 is 1.61 bits per heavy atom. The normalized spacial score (nSPS) is 20.8. The predicted molar refractivity (Wildman–Crippen MR) is 242 cm³/mol. The van der Waals surface area contributed by atoms with Crippen LogP contribution in [0.1, 0.15) is 149 Å². The Balaban J connectivity index is 2.49. The molecule has 0 bridgehead atoms. The van der Waals surface area contributed by atoms with E-state index in [9.17, 15) is 37.9 Å². The van der Waals surface area contributed by atoms with Crippen LogP contribution in [-0.2, 0) is 38.7 Å². The zero-order chi connectivity index (χ0) is 44.8. The largest absolute Gasteiger partial charge is 0.462 e. The van der Waals surface area contributed by atoms with Crippen molar-refractivity contribution in [3.63, 3.8) is 0 Å². The molecule has 12 nitrogen and oxygen atoms in total. The first-order valence-corrected chi connectivity index (χ1v) is 24.3. The Kier molecular flexibility index (Phi) is 34.2. The molecular formula is C48H78O12S. The minimum Gasteiger partial charge on any atom is -0.462 e. The summed E-state index contributed by atoms with van der Waals surface area (Å²) in [6.45, 7) is 3.55. The third kappa shape index (κ3) is 32.2. The molecule has 1 heterocycles. The molecule has 1 aliphatic rings. The van der Waals surface area contributed by atoms with Crippen LogP contribution in [0.4, 0.5) is 0 Å². The molecule has 6 atom stereocenters. The van der Waals surface area contributed by atoms with Gasteiger partial charge in [-0.3, -0.25) is 14.1 Å². The Morgan fingerprint density at radius 2 is 1.07 bits per heavy atom. The lowest BCUT2D eigenvalue weighted by Crippen LogP contribution is -2.60. The van der Waals surface area contributed by atoms with Crippen molar-refractivity contribution in [3.8, 4) is 0 Å². The minimum absolute atomic E-state index is 0.0476. The molecule has 0 saturated carbocycles. The summed E-state index contributed by atoms with van der Waals surface area (Å²) in [5.41, 5.74) is 0. The van der Waals surface area contributed by atoms with Crippen LogP contribution < -0.4 is 0 Å². The van der Waals surface area contributed by atoms with Crippen LogP contribution in [0.25, 0.3) is 0 Å². The second-order valence-corrected chi connectivity index (χ2v) is 16.8. The van der Waals surface area contributed by atoms with Crippen molar-refractivity contribution in [1.29, 1.82) is 0 Å². The fraction of sp³-hybridized carbons (Fsp3) is 0.667. The third-order valence-corrected chi connectivity index (χ3v) is 10.5. The monoisotopic (exact) mass is 879 g/mol. The van der Waals surface area contributed by atoms with Crippen LogP contribution in [-0.4, -0.2) is 96.0 Å². The van der Waals surface area contributed by atoms with E-state index in [0.717, 1.165) is 70.6 Å². The summed E-state index contributed by atoms with van der Waals surface area (Å²) in [5.74, 6) is -2.11. The van der Waals surface area contributed by atoms with Gasteiger partial charge < -0.3 is 34.3 Å². The van der Waals surface area contributed by atoms with E-state index < -0.39 is 71.2 Å². The Morgan fingerprint density at radius 1 is 0.574 bits per heavy atom. The number of hydrogen-bond acceptors (Lipinski definition) is 11. The number of ether oxygens (including phenoxy) is 4. The van der Waals surface area contributed by atoms with Gasteiger partial charge in [0.2, 0.25) is 0 Å². The number of unbranched alkanes of at least 4 members (excludes halogenated alkanes) is 10. The summed E-state index contributed by atoms with van der Waals surface area (Å²) in [6, 6.07) is 0. The highest BCUT2D eigenvalue weighted by Crippen LogP contribution is 2.24. The number of aliphatic hydroxyl groups is 3. The van der Waals surface area contributed by atoms with E-state index in [1.165, 1.54) is 38.5 Å². The van der Waals surface area contributed by atoms with Gasteiger partial charge in [-0.2, -0.15) is 8.42 Å². The second kappa shape index (κ2) is 37.4. The van der Waals surface area contributed by atoms with Gasteiger partial charge in [0.15, 0.2) is 12.4 Å². The molecule has 1 saturated heterocycles. The summed E-state index contributed by atoms with van der Waals surface area (Å²) >= 11 is 0. The van der Waals surface area contributed by atoms with E-state index in [2.05, 4.69) is 86.8 Å². The van der Waals surface area contributed by atoms with E-state index >= 15 is 0 Å². The first-order valence-electron chi connectivity index (χ1n) is 22.6. The molecule has 0 radical (unpaired) electrons. The lowest BCUT2D eigenvalue weighted by atomic mass is 10.00. The van der Waals surface area contributed by atoms with E-state index in [0.29, 0.717) is 12.8 Å². The van der Waals surface area contributed by atoms with Gasteiger partial charge >= 0.3 is 11.9 Å². The van der Waals surface area contributed by atoms with E-state index in [-0.39, 0.29) is 19.4 Å². The van der Waals surface area contributed by atoms with Gasteiger partial charge in [-0.15, -0.1) is 0 Å². The maximum atomic E-state index is 12.8. The highest BCUT2D eigenvalue weighted by Gasteiger charge is 2.46. The molecule has 1 fully saturated rings. The number of aliphatic hydroxyl groups excluding tert-OH is 3. The molecule has 61 heavy (non-hydrogen) atoms. The SMILES string of the molecule is CC/C=C/C/C=C/C/C=C/C/C=C/C/C=C/CCCCCCC(=O)OCC(CO[C@H]1O[C@H](CS(=O)(=O)O)[C@@H](O)C(O)C1O)OC(=O)CC/C=C/C/C=C/CCCCCCCC. The minimum atomic E-state index is -4.62. The molecular weight excluding hydrogens is 801 g/mol. The summed E-state index contributed by atoms with van der Waals surface area (Å²) in [6.07, 6.45) is 39.3. The maximum Gasteiger partial charge on any atom is 0.306 e. The molecule has 1 rings (SSSR count). The Hall–Kier alpha value is -3.17. The predicted octanol–water partition coefficient (Wildman–Crippen LogP) is 9.28. The zero-order valence-electron chi connectivity index (χ0n) is 37.0. The Bertz CT molecular complexity index is 1450. The van der Waals surface area contributed by atoms with Crippen LogP contribution in [0, 0.1) is 0 Å². The van der Waals surface area contributed by atoms with Crippen LogP contribution in [0.3, 0.4) is 0 Å². The van der Waals surface area contributed by atoms with Crippen LogP contribution in [0.15, 0.2) is 85.1 Å². The molecule has 0 aromatic heterocycles. The maximum absolute atomic E-state index is 12.8. The first kappa shape index (κ1) is 55.8. The number of esters is 2. The summed E-state index contributed by atoms with van der Waals surface area (Å²) in [4.78, 5) is 25.4. The fourth-order valence-corrected chi connectivity index (χ4v) is 6.92. The average molecular weight is 879 g/mol. The van der Waals surface area contributed by atoms with Gasteiger partial charge in [0.05, 0.1) is 6.61 Å². The molecule has 0 aliphatic carbocycles. The topological polar surface area (TPSA) is 186 Å². The average Bonchev–Trinajstić information content (AvgIpc) is 3.22. The van der Waals surface area contributed by atoms with Crippen molar-refractivity contribution in [2.24, 2.45) is 0 Å². The lowest BCUT2D eigenvalue weighted by Gasteiger charge is -2.40. The lowest BCUT2D eigenvalue weighted by molar-refractivity contribution is -0.297. The van der Waals surface area contributed by atoms with Crippen LogP contribution in [0.2, 0.25) is 0 Å². The smallest absolute Gasteiger partial charge is 0.306 e. The number of rotatable bonds is 36. The molecule has 13 heteroatoms. The molecule has 348 valence electrons. The van der Waals surface area contributed by atoms with Crippen LogP contribution in [0.5, 0.6) is 0 Å². The molecule has 3 unspecified atom stereocenters. The number of allylic oxidation sites excluding steroid dienone is 14. The highest BCUT2D eigenvalue weighted by atomic mass is 32.2. The van der Waals surface area contributed by atoms with Crippen molar-refractivity contribution in [2.75, 3.05) is 19.0 Å². The van der Waals surface area contributed by atoms with E-state index in [4.69, 9.17) is 18.9 Å². The number of carbonyl (C=O) groups is 2. The van der Waals surface area contributed by atoms with Gasteiger partial charge in [-0.25, -0.2) is 0 Å². The molecule has 0 amide bonds. The quantitative estimate of drug-likeness (QED) is 0.0203. The van der Waals surface area contributed by atoms with E-state index in [1.807, 2.05) is 12.2 Å². The third-order valence-electron chi connectivity index (χ3n) is 9.72. The van der Waals surface area contributed by atoms with Crippen molar-refractivity contribution in [3.05, 3.63) is 85.1 Å². The Labute approximate surface area is 367 Å². The van der Waals surface area contributed by atoms with Gasteiger partial charge in [0.25, 0.3) is 10.1 Å². The van der Waals surface area contributed by atoms with Gasteiger partial charge in [0, 0.05) is 12.8 Å². The second-order valence-electron chi connectivity index (χ2n) is 15.3. The summed E-state index contributed by atoms with van der Waals surface area (Å²) < 4.78 is 53.9. The standard InChI is InChI=1S/C48H78O12S/c1-3-5-7-9-11-13-15-17-18-19-20-21-22-23-25-26-28-30-32-34-36-43(49)57-38-41(39-58-48-47(53)46(52)45(51)42(60-48)40-61(54,55)56)59-44(50)37-35-33-31-29-27-24-16-14-12-10-8-6-4-2/h5,7,11,13,17-18,20-21,23-25,27,31,33,41-42,45-48,51-53H,3-4,6,8-10,12,14-16,19,22,26,28-30,32,34-40H2,1-2H3,(H,54,55,56)/b7-5+,13-11+,18-17+,21-20+,25-23+,27-24+,33-31+/t41?,42-,45-,46?,47?,48+/m1/s1. The van der Waals surface area contributed by atoms with Gasteiger partial charge in [-0.1, -0.05) is 144 Å².